The molecule has 6 heteroatoms. The maximum Gasteiger partial charge on any atom is 0.147 e. The second kappa shape index (κ2) is 7.32. The second-order valence-corrected chi connectivity index (χ2v) is 6.88. The summed E-state index contributed by atoms with van der Waals surface area (Å²) >= 11 is 0. The second-order valence-electron chi connectivity index (χ2n) is 6.88. The number of aromatic hydroxyl groups is 1. The van der Waals surface area contributed by atoms with E-state index in [9.17, 15) is 9.90 Å². The number of fused-ring (bicyclic) bond motifs is 1. The molecule has 4 rings (SSSR count). The molecule has 2 aromatic carbocycles. The number of hydrogen-bond donors (Lipinski definition) is 1. The van der Waals surface area contributed by atoms with Crippen molar-refractivity contribution in [3.8, 4) is 16.9 Å². The molecule has 1 fully saturated rings. The summed E-state index contributed by atoms with van der Waals surface area (Å²) in [4.78, 5) is 24.8. The Hall–Kier alpha value is -2.99. The Morgan fingerprint density at radius 2 is 1.70 bits per heavy atom. The summed E-state index contributed by atoms with van der Waals surface area (Å²) in [7, 11) is 0. The van der Waals surface area contributed by atoms with E-state index in [0.717, 1.165) is 60.4 Å². The first-order chi connectivity index (χ1) is 13.1. The van der Waals surface area contributed by atoms with Crippen LogP contribution in [0.2, 0.25) is 0 Å². The number of carbonyl (C=O) groups is 1. The molecule has 0 radical (unpaired) electrons. The van der Waals surface area contributed by atoms with Gasteiger partial charge in [-0.1, -0.05) is 18.2 Å². The molecular formula is C21H22N4O2. The average molecular weight is 362 g/mol. The van der Waals surface area contributed by atoms with Gasteiger partial charge in [-0.25, -0.2) is 4.98 Å². The quantitative estimate of drug-likeness (QED) is 0.720. The first-order valence-electron chi connectivity index (χ1n) is 9.14. The summed E-state index contributed by atoms with van der Waals surface area (Å²) < 4.78 is 0. The van der Waals surface area contributed by atoms with Crippen LogP contribution in [0, 0.1) is 0 Å². The van der Waals surface area contributed by atoms with Crippen molar-refractivity contribution in [2.75, 3.05) is 31.1 Å². The predicted molar refractivity (Wildman–Crippen MR) is 106 cm³/mol. The fourth-order valence-corrected chi connectivity index (χ4v) is 3.43. The van der Waals surface area contributed by atoms with Crippen LogP contribution in [-0.2, 0) is 4.79 Å². The zero-order valence-corrected chi connectivity index (χ0v) is 15.2. The number of nitrogens with zero attached hydrogens (tertiary/aromatic N) is 4. The van der Waals surface area contributed by atoms with E-state index in [-0.39, 0.29) is 11.8 Å². The van der Waals surface area contributed by atoms with Gasteiger partial charge in [0.15, 0.2) is 0 Å². The number of anilines is 1. The van der Waals surface area contributed by atoms with E-state index in [4.69, 9.17) is 4.98 Å². The molecule has 0 bridgehead atoms. The third-order valence-corrected chi connectivity index (χ3v) is 5.14. The van der Waals surface area contributed by atoms with Crippen LogP contribution in [0.25, 0.3) is 22.2 Å². The number of phenolic OH excluding ortho intramolecular Hbond substituents is 1. The van der Waals surface area contributed by atoms with Gasteiger partial charge in [0.25, 0.3) is 0 Å². The summed E-state index contributed by atoms with van der Waals surface area (Å²) in [6, 6.07) is 13.1. The monoisotopic (exact) mass is 362 g/mol. The topological polar surface area (TPSA) is 69.6 Å². The fourth-order valence-electron chi connectivity index (χ4n) is 3.43. The third kappa shape index (κ3) is 3.61. The largest absolute Gasteiger partial charge is 0.508 e. The highest BCUT2D eigenvalue weighted by Gasteiger charge is 2.21. The zero-order chi connectivity index (χ0) is 18.8. The highest BCUT2D eigenvalue weighted by Crippen LogP contribution is 2.26. The lowest BCUT2D eigenvalue weighted by molar-refractivity contribution is -0.112. The highest BCUT2D eigenvalue weighted by atomic mass is 16.3. The molecule has 6 nitrogen and oxygen atoms in total. The standard InChI is InChI=1S/C21H22N4O2/c1-15(14-26)24-8-10-25(11-9-24)21-13-22-19-7-4-17(12-20(19)23-21)16-2-5-18(27)6-3-16/h2-7,12-15,27H,8-11H2,1H3. The van der Waals surface area contributed by atoms with Crippen LogP contribution in [0.1, 0.15) is 6.92 Å². The van der Waals surface area contributed by atoms with Crippen molar-refractivity contribution in [3.05, 3.63) is 48.7 Å². The Balaban J connectivity index is 1.58. The molecule has 0 spiro atoms. The Kier molecular flexibility index (Phi) is 4.73. The van der Waals surface area contributed by atoms with Gasteiger partial charge >= 0.3 is 0 Å². The molecular weight excluding hydrogens is 340 g/mol. The van der Waals surface area contributed by atoms with Gasteiger partial charge in [0.2, 0.25) is 0 Å². The van der Waals surface area contributed by atoms with E-state index in [1.807, 2.05) is 43.5 Å². The molecule has 1 aliphatic heterocycles. The molecule has 3 aromatic rings. The Morgan fingerprint density at radius 3 is 2.41 bits per heavy atom. The summed E-state index contributed by atoms with van der Waals surface area (Å²) in [6.45, 7) is 5.27. The van der Waals surface area contributed by atoms with E-state index in [1.165, 1.54) is 0 Å². The van der Waals surface area contributed by atoms with Crippen molar-refractivity contribution in [3.63, 3.8) is 0 Å². The molecule has 1 unspecified atom stereocenters. The lowest BCUT2D eigenvalue weighted by atomic mass is 10.0. The molecule has 0 saturated carbocycles. The zero-order valence-electron chi connectivity index (χ0n) is 15.2. The molecule has 138 valence electrons. The normalized spacial score (nSPS) is 16.4. The lowest BCUT2D eigenvalue weighted by Gasteiger charge is -2.36. The minimum absolute atomic E-state index is 0.0392. The highest BCUT2D eigenvalue weighted by molar-refractivity contribution is 5.82. The van der Waals surface area contributed by atoms with Crippen molar-refractivity contribution in [2.24, 2.45) is 0 Å². The van der Waals surface area contributed by atoms with Gasteiger partial charge in [-0.2, -0.15) is 0 Å². The van der Waals surface area contributed by atoms with Crippen molar-refractivity contribution in [2.45, 2.75) is 13.0 Å². The molecule has 1 aliphatic rings. The van der Waals surface area contributed by atoms with Crippen molar-refractivity contribution < 1.29 is 9.90 Å². The van der Waals surface area contributed by atoms with Crippen LogP contribution in [0.5, 0.6) is 5.75 Å². The SMILES string of the molecule is CC(C=O)N1CCN(c2cnc3ccc(-c4ccc(O)cc4)cc3n2)CC1. The van der Waals surface area contributed by atoms with E-state index in [0.29, 0.717) is 0 Å². The van der Waals surface area contributed by atoms with Crippen LogP contribution in [0.4, 0.5) is 5.82 Å². The van der Waals surface area contributed by atoms with Gasteiger partial charge < -0.3 is 14.8 Å². The summed E-state index contributed by atoms with van der Waals surface area (Å²) in [6.07, 6.45) is 2.82. The Bertz CT molecular complexity index is 950. The summed E-state index contributed by atoms with van der Waals surface area (Å²) in [5.41, 5.74) is 3.77. The molecule has 0 aliphatic carbocycles. The Morgan fingerprint density at radius 1 is 1.00 bits per heavy atom. The van der Waals surface area contributed by atoms with Crippen LogP contribution in [-0.4, -0.2) is 58.5 Å². The van der Waals surface area contributed by atoms with Crippen molar-refractivity contribution >= 4 is 23.1 Å². The number of benzene rings is 2. The summed E-state index contributed by atoms with van der Waals surface area (Å²) in [5, 5.41) is 9.47. The van der Waals surface area contributed by atoms with Crippen LogP contribution in [0.15, 0.2) is 48.7 Å². The molecule has 27 heavy (non-hydrogen) atoms. The lowest BCUT2D eigenvalue weighted by Crippen LogP contribution is -2.50. The maximum atomic E-state index is 11.0. The Labute approximate surface area is 158 Å². The predicted octanol–water partition coefficient (Wildman–Crippen LogP) is 2.71. The number of phenols is 1. The first kappa shape index (κ1) is 17.4. The minimum Gasteiger partial charge on any atom is -0.508 e. The van der Waals surface area contributed by atoms with E-state index < -0.39 is 0 Å². The number of hydrogen-bond acceptors (Lipinski definition) is 6. The molecule has 1 aromatic heterocycles. The fraction of sp³-hybridized carbons (Fsp3) is 0.286. The van der Waals surface area contributed by atoms with Gasteiger partial charge in [-0.3, -0.25) is 9.88 Å². The third-order valence-electron chi connectivity index (χ3n) is 5.14. The minimum atomic E-state index is -0.0392. The smallest absolute Gasteiger partial charge is 0.147 e. The van der Waals surface area contributed by atoms with Crippen molar-refractivity contribution in [1.82, 2.24) is 14.9 Å². The van der Waals surface area contributed by atoms with Gasteiger partial charge in [-0.05, 0) is 42.3 Å². The number of piperazine rings is 1. The van der Waals surface area contributed by atoms with Gasteiger partial charge in [0.05, 0.1) is 23.3 Å². The first-order valence-corrected chi connectivity index (χ1v) is 9.14. The molecule has 0 amide bonds. The van der Waals surface area contributed by atoms with E-state index in [1.54, 1.807) is 12.1 Å². The molecule has 1 saturated heterocycles. The molecule has 2 heterocycles. The van der Waals surface area contributed by atoms with Gasteiger partial charge in [0.1, 0.15) is 17.9 Å². The number of rotatable bonds is 4. The van der Waals surface area contributed by atoms with Gasteiger partial charge in [0, 0.05) is 26.2 Å². The average Bonchev–Trinajstić information content (AvgIpc) is 2.73. The number of aromatic nitrogens is 2. The van der Waals surface area contributed by atoms with Crippen LogP contribution < -0.4 is 4.90 Å². The number of carbonyl (C=O) groups excluding carboxylic acids is 1. The van der Waals surface area contributed by atoms with E-state index >= 15 is 0 Å². The molecule has 1 N–H and O–H groups in total. The van der Waals surface area contributed by atoms with Crippen molar-refractivity contribution in [1.29, 1.82) is 0 Å². The maximum absolute atomic E-state index is 11.0. The van der Waals surface area contributed by atoms with Gasteiger partial charge in [-0.15, -0.1) is 0 Å². The number of aldehydes is 1. The van der Waals surface area contributed by atoms with E-state index in [2.05, 4.69) is 14.8 Å². The summed E-state index contributed by atoms with van der Waals surface area (Å²) in [5.74, 6) is 1.12. The van der Waals surface area contributed by atoms with Crippen LogP contribution in [0.3, 0.4) is 0 Å². The van der Waals surface area contributed by atoms with Crippen LogP contribution >= 0.6 is 0 Å². The molecule has 1 atom stereocenters.